The van der Waals surface area contributed by atoms with Gasteiger partial charge < -0.3 is 19.2 Å². The molecule has 2 rings (SSSR count). The van der Waals surface area contributed by atoms with Crippen LogP contribution in [0, 0.1) is 0 Å². The third kappa shape index (κ3) is 7.50. The monoisotopic (exact) mass is 396 g/mol. The Morgan fingerprint density at radius 1 is 1.32 bits per heavy atom. The number of hydrogen-bond donors (Lipinski definition) is 1. The van der Waals surface area contributed by atoms with E-state index in [1.807, 2.05) is 27.7 Å². The summed E-state index contributed by atoms with van der Waals surface area (Å²) >= 11 is 0. The zero-order valence-corrected chi connectivity index (χ0v) is 18.0. The second-order valence-corrected chi connectivity index (χ2v) is 8.51. The van der Waals surface area contributed by atoms with Crippen molar-refractivity contribution in [2.24, 2.45) is 0 Å². The number of aliphatic hydroxyl groups excluding tert-OH is 1. The normalized spacial score (nSPS) is 17.6. The van der Waals surface area contributed by atoms with Gasteiger partial charge in [-0.3, -0.25) is 14.6 Å². The first-order chi connectivity index (χ1) is 13.2. The Balaban J connectivity index is 1.73. The van der Waals surface area contributed by atoms with Gasteiger partial charge in [-0.15, -0.1) is 0 Å². The number of rotatable bonds is 9. The van der Waals surface area contributed by atoms with Gasteiger partial charge in [-0.05, 0) is 27.2 Å². The Kier molecular flexibility index (Phi) is 8.42. The average Bonchev–Trinajstić information content (AvgIpc) is 3.09. The molecule has 8 nitrogen and oxygen atoms in total. The second-order valence-electron chi connectivity index (χ2n) is 8.51. The van der Waals surface area contributed by atoms with E-state index >= 15 is 0 Å². The predicted octanol–water partition coefficient (Wildman–Crippen LogP) is 1.45. The molecule has 1 atom stereocenters. The standard InChI is InChI=1S/C20H36N4O4/c1-6-7-22(5)19(26)17-15-27-18(21-17)13-24-10-8-23(9-11-24)12-16(25)14-28-20(2,3)4/h15-16,25H,6-14H2,1-5H3. The van der Waals surface area contributed by atoms with Crippen LogP contribution in [0.1, 0.15) is 50.5 Å². The summed E-state index contributed by atoms with van der Waals surface area (Å²) < 4.78 is 11.1. The fraction of sp³-hybridized carbons (Fsp3) is 0.800. The molecule has 1 saturated heterocycles. The van der Waals surface area contributed by atoms with Crippen LogP contribution in [0.3, 0.4) is 0 Å². The number of β-amino-alcohol motifs (C(OH)–C–C–N with tert-alkyl or cyclic N) is 1. The van der Waals surface area contributed by atoms with E-state index in [4.69, 9.17) is 9.15 Å². The summed E-state index contributed by atoms with van der Waals surface area (Å²) in [5, 5.41) is 10.2. The average molecular weight is 397 g/mol. The van der Waals surface area contributed by atoms with Gasteiger partial charge in [0.2, 0.25) is 5.89 Å². The van der Waals surface area contributed by atoms with Crippen LogP contribution in [0.4, 0.5) is 0 Å². The van der Waals surface area contributed by atoms with E-state index in [0.717, 1.165) is 32.6 Å². The van der Waals surface area contributed by atoms with E-state index in [2.05, 4.69) is 14.8 Å². The van der Waals surface area contributed by atoms with Crippen LogP contribution in [-0.2, 0) is 11.3 Å². The molecule has 1 unspecified atom stereocenters. The van der Waals surface area contributed by atoms with Crippen molar-refractivity contribution < 1.29 is 19.1 Å². The maximum atomic E-state index is 12.3. The molecule has 1 aliphatic rings. The highest BCUT2D eigenvalue weighted by Gasteiger charge is 2.23. The minimum absolute atomic E-state index is 0.104. The van der Waals surface area contributed by atoms with Crippen molar-refractivity contribution in [3.63, 3.8) is 0 Å². The highest BCUT2D eigenvalue weighted by atomic mass is 16.5. The first-order valence-corrected chi connectivity index (χ1v) is 10.1. The van der Waals surface area contributed by atoms with E-state index in [-0.39, 0.29) is 11.5 Å². The van der Waals surface area contributed by atoms with Crippen molar-refractivity contribution in [2.75, 3.05) is 52.9 Å². The minimum Gasteiger partial charge on any atom is -0.447 e. The van der Waals surface area contributed by atoms with Crippen LogP contribution >= 0.6 is 0 Å². The molecule has 1 aromatic heterocycles. The number of ether oxygens (including phenoxy) is 1. The molecule has 8 heteroatoms. The number of carbonyl (C=O) groups is 1. The van der Waals surface area contributed by atoms with Gasteiger partial charge in [0.25, 0.3) is 5.91 Å². The third-order valence-electron chi connectivity index (χ3n) is 4.68. The summed E-state index contributed by atoms with van der Waals surface area (Å²) in [4.78, 5) is 22.8. The lowest BCUT2D eigenvalue weighted by molar-refractivity contribution is -0.0588. The quantitative estimate of drug-likeness (QED) is 0.676. The van der Waals surface area contributed by atoms with Gasteiger partial charge in [0.1, 0.15) is 6.26 Å². The number of nitrogens with zero attached hydrogens (tertiary/aromatic N) is 4. The van der Waals surface area contributed by atoms with Gasteiger partial charge in [0, 0.05) is 46.3 Å². The van der Waals surface area contributed by atoms with Gasteiger partial charge in [-0.2, -0.15) is 0 Å². The number of carbonyl (C=O) groups excluding carboxylic acids is 1. The molecular formula is C20H36N4O4. The lowest BCUT2D eigenvalue weighted by Gasteiger charge is -2.35. The molecule has 0 saturated carbocycles. The van der Waals surface area contributed by atoms with Crippen molar-refractivity contribution in [1.29, 1.82) is 0 Å². The van der Waals surface area contributed by atoms with Crippen molar-refractivity contribution in [3.05, 3.63) is 17.8 Å². The summed E-state index contributed by atoms with van der Waals surface area (Å²) in [6.45, 7) is 13.7. The number of aliphatic hydroxyl groups is 1. The van der Waals surface area contributed by atoms with Crippen LogP contribution < -0.4 is 0 Å². The van der Waals surface area contributed by atoms with Crippen molar-refractivity contribution in [3.8, 4) is 0 Å². The highest BCUT2D eigenvalue weighted by molar-refractivity contribution is 5.91. The largest absolute Gasteiger partial charge is 0.447 e. The number of hydrogen-bond acceptors (Lipinski definition) is 7. The van der Waals surface area contributed by atoms with Crippen molar-refractivity contribution >= 4 is 5.91 Å². The highest BCUT2D eigenvalue weighted by Crippen LogP contribution is 2.12. The molecule has 2 heterocycles. The fourth-order valence-corrected chi connectivity index (χ4v) is 3.13. The Bertz CT molecular complexity index is 606. The Morgan fingerprint density at radius 3 is 2.57 bits per heavy atom. The van der Waals surface area contributed by atoms with Crippen molar-refractivity contribution in [1.82, 2.24) is 19.7 Å². The van der Waals surface area contributed by atoms with Gasteiger partial charge >= 0.3 is 0 Å². The lowest BCUT2D eigenvalue weighted by Crippen LogP contribution is -2.49. The fourth-order valence-electron chi connectivity index (χ4n) is 3.13. The maximum absolute atomic E-state index is 12.3. The topological polar surface area (TPSA) is 82.3 Å². The molecule has 28 heavy (non-hydrogen) atoms. The van der Waals surface area contributed by atoms with Crippen LogP contribution in [0.5, 0.6) is 0 Å². The zero-order chi connectivity index (χ0) is 20.7. The van der Waals surface area contributed by atoms with Gasteiger partial charge in [-0.1, -0.05) is 6.92 Å². The number of piperazine rings is 1. The maximum Gasteiger partial charge on any atom is 0.275 e. The van der Waals surface area contributed by atoms with Crippen LogP contribution in [-0.4, -0.2) is 95.3 Å². The van der Waals surface area contributed by atoms with Gasteiger partial charge in [0.15, 0.2) is 5.69 Å². The van der Waals surface area contributed by atoms with E-state index in [9.17, 15) is 9.90 Å². The summed E-state index contributed by atoms with van der Waals surface area (Å²) in [7, 11) is 1.78. The molecule has 160 valence electrons. The van der Waals surface area contributed by atoms with E-state index in [1.54, 1.807) is 11.9 Å². The summed E-state index contributed by atoms with van der Waals surface area (Å²) in [5.41, 5.74) is 0.132. The summed E-state index contributed by atoms with van der Waals surface area (Å²) in [6.07, 6.45) is 1.88. The van der Waals surface area contributed by atoms with Gasteiger partial charge in [0.05, 0.1) is 24.9 Å². The predicted molar refractivity (Wildman–Crippen MR) is 107 cm³/mol. The Morgan fingerprint density at radius 2 is 1.96 bits per heavy atom. The van der Waals surface area contributed by atoms with E-state index < -0.39 is 6.10 Å². The van der Waals surface area contributed by atoms with Gasteiger partial charge in [-0.25, -0.2) is 4.98 Å². The first kappa shape index (κ1) is 22.8. The lowest BCUT2D eigenvalue weighted by atomic mass is 10.2. The van der Waals surface area contributed by atoms with E-state index in [1.165, 1.54) is 6.26 Å². The van der Waals surface area contributed by atoms with E-state index in [0.29, 0.717) is 37.8 Å². The number of aromatic nitrogens is 1. The smallest absolute Gasteiger partial charge is 0.275 e. The Hall–Kier alpha value is -1.48. The molecule has 1 aliphatic heterocycles. The molecule has 0 spiro atoms. The molecule has 0 aromatic carbocycles. The van der Waals surface area contributed by atoms with Crippen molar-refractivity contribution in [2.45, 2.75) is 52.4 Å². The third-order valence-corrected chi connectivity index (χ3v) is 4.68. The first-order valence-electron chi connectivity index (χ1n) is 10.1. The summed E-state index contributed by atoms with van der Waals surface area (Å²) in [5.74, 6) is 0.466. The second kappa shape index (κ2) is 10.3. The molecular weight excluding hydrogens is 360 g/mol. The van der Waals surface area contributed by atoms with Crippen LogP contribution in [0.2, 0.25) is 0 Å². The molecule has 0 aliphatic carbocycles. The molecule has 0 radical (unpaired) electrons. The zero-order valence-electron chi connectivity index (χ0n) is 18.0. The molecule has 0 bridgehead atoms. The molecule has 1 N–H and O–H groups in total. The number of oxazole rings is 1. The SMILES string of the molecule is CCCN(C)C(=O)c1coc(CN2CCN(CC(O)COC(C)(C)C)CC2)n1. The molecule has 1 aromatic rings. The van der Waals surface area contributed by atoms with Crippen LogP contribution in [0.25, 0.3) is 0 Å². The number of amides is 1. The molecule has 1 fully saturated rings. The Labute approximate surface area is 168 Å². The molecule has 1 amide bonds. The minimum atomic E-state index is -0.480. The summed E-state index contributed by atoms with van der Waals surface area (Å²) in [6, 6.07) is 0. The van der Waals surface area contributed by atoms with Crippen LogP contribution in [0.15, 0.2) is 10.7 Å².